The van der Waals surface area contributed by atoms with E-state index in [2.05, 4.69) is 16.1 Å². The Bertz CT molecular complexity index is 199. The number of carbonyl (C=O) groups is 2. The molecular weight excluding hydrogens is 176 g/mol. The minimum Gasteiger partial charge on any atom is -0.464 e. The summed E-state index contributed by atoms with van der Waals surface area (Å²) in [7, 11) is 1.18. The molecular formula is C8H12O5. The third kappa shape index (κ3) is 4.97. The van der Waals surface area contributed by atoms with Crippen LogP contribution in [0.4, 0.5) is 0 Å². The van der Waals surface area contributed by atoms with Gasteiger partial charge in [0.2, 0.25) is 0 Å². The largest absolute Gasteiger partial charge is 0.464 e. The van der Waals surface area contributed by atoms with Gasteiger partial charge in [-0.15, -0.1) is 6.58 Å². The lowest BCUT2D eigenvalue weighted by Crippen LogP contribution is -2.30. The summed E-state index contributed by atoms with van der Waals surface area (Å²) < 4.78 is 13.7. The van der Waals surface area contributed by atoms with Crippen molar-refractivity contribution in [3.05, 3.63) is 12.7 Å². The van der Waals surface area contributed by atoms with Gasteiger partial charge in [-0.1, -0.05) is 6.08 Å². The summed E-state index contributed by atoms with van der Waals surface area (Å²) in [5.41, 5.74) is 0. The molecule has 0 saturated carbocycles. The van der Waals surface area contributed by atoms with Crippen LogP contribution in [0.1, 0.15) is 6.92 Å². The predicted molar refractivity (Wildman–Crippen MR) is 43.7 cm³/mol. The summed E-state index contributed by atoms with van der Waals surface area (Å²) >= 11 is 0. The first-order valence-electron chi connectivity index (χ1n) is 3.59. The fourth-order valence-electron chi connectivity index (χ4n) is 0.553. The van der Waals surface area contributed by atoms with Crippen molar-refractivity contribution in [3.8, 4) is 0 Å². The van der Waals surface area contributed by atoms with E-state index in [1.807, 2.05) is 0 Å². The number of methoxy groups -OCH3 is 1. The number of carbonyl (C=O) groups excluding carboxylic acids is 2. The van der Waals surface area contributed by atoms with Crippen molar-refractivity contribution >= 4 is 11.9 Å². The Morgan fingerprint density at radius 3 is 2.54 bits per heavy atom. The normalized spacial score (nSPS) is 11.5. The summed E-state index contributed by atoms with van der Waals surface area (Å²) in [4.78, 5) is 21.4. The van der Waals surface area contributed by atoms with Gasteiger partial charge in [-0.2, -0.15) is 0 Å². The summed E-state index contributed by atoms with van der Waals surface area (Å²) in [6.07, 6.45) is 0.125. The van der Waals surface area contributed by atoms with Crippen molar-refractivity contribution in [1.29, 1.82) is 0 Å². The highest BCUT2D eigenvalue weighted by Gasteiger charge is 2.22. The van der Waals surface area contributed by atoms with Gasteiger partial charge in [-0.05, 0) is 0 Å². The highest BCUT2D eigenvalue weighted by Crippen LogP contribution is 1.98. The maximum absolute atomic E-state index is 10.9. The van der Waals surface area contributed by atoms with E-state index in [0.717, 1.165) is 0 Å². The number of hydrogen-bond donors (Lipinski definition) is 0. The highest BCUT2D eigenvalue weighted by atomic mass is 16.7. The van der Waals surface area contributed by atoms with Crippen LogP contribution in [0.2, 0.25) is 0 Å². The third-order valence-electron chi connectivity index (χ3n) is 1.03. The summed E-state index contributed by atoms with van der Waals surface area (Å²) in [5, 5.41) is 0. The smallest absolute Gasteiger partial charge is 0.376 e. The van der Waals surface area contributed by atoms with Gasteiger partial charge in [0.1, 0.15) is 0 Å². The molecule has 13 heavy (non-hydrogen) atoms. The molecule has 0 N–H and O–H groups in total. The minimum absolute atomic E-state index is 0.104. The Morgan fingerprint density at radius 2 is 2.15 bits per heavy atom. The molecule has 1 atom stereocenters. The standard InChI is InChI=1S/C8H12O5/c1-4-5-12-8(7(10)11-3)13-6(2)9/h4,8H,1,5H2,2-3H3/t8-/m1/s1. The van der Waals surface area contributed by atoms with E-state index < -0.39 is 18.2 Å². The molecule has 0 aliphatic carbocycles. The minimum atomic E-state index is -1.31. The molecule has 5 nitrogen and oxygen atoms in total. The molecule has 0 aromatic heterocycles. The van der Waals surface area contributed by atoms with Crippen molar-refractivity contribution in [2.75, 3.05) is 13.7 Å². The lowest BCUT2D eigenvalue weighted by molar-refractivity contribution is -0.195. The monoisotopic (exact) mass is 188 g/mol. The van der Waals surface area contributed by atoms with E-state index in [1.54, 1.807) is 0 Å². The average molecular weight is 188 g/mol. The molecule has 0 radical (unpaired) electrons. The number of rotatable bonds is 5. The van der Waals surface area contributed by atoms with Crippen LogP contribution in [0.5, 0.6) is 0 Å². The molecule has 0 unspecified atom stereocenters. The second-order valence-corrected chi connectivity index (χ2v) is 2.09. The van der Waals surface area contributed by atoms with E-state index >= 15 is 0 Å². The first kappa shape index (κ1) is 11.6. The molecule has 0 saturated heterocycles. The highest BCUT2D eigenvalue weighted by molar-refractivity contribution is 5.77. The van der Waals surface area contributed by atoms with Gasteiger partial charge in [0.05, 0.1) is 13.7 Å². The third-order valence-corrected chi connectivity index (χ3v) is 1.03. The van der Waals surface area contributed by atoms with Gasteiger partial charge in [0.15, 0.2) is 0 Å². The summed E-state index contributed by atoms with van der Waals surface area (Å²) in [5.74, 6) is -1.36. The van der Waals surface area contributed by atoms with Crippen LogP contribution in [0.3, 0.4) is 0 Å². The van der Waals surface area contributed by atoms with Gasteiger partial charge in [-0.3, -0.25) is 4.79 Å². The molecule has 0 aliphatic rings. The van der Waals surface area contributed by atoms with Gasteiger partial charge in [0.25, 0.3) is 0 Å². The molecule has 0 fully saturated rings. The van der Waals surface area contributed by atoms with Gasteiger partial charge >= 0.3 is 18.2 Å². The number of hydrogen-bond acceptors (Lipinski definition) is 5. The molecule has 0 aliphatic heterocycles. The van der Waals surface area contributed by atoms with Gasteiger partial charge < -0.3 is 14.2 Å². The Hall–Kier alpha value is -1.36. The van der Waals surface area contributed by atoms with E-state index in [-0.39, 0.29) is 6.61 Å². The van der Waals surface area contributed by atoms with Crippen LogP contribution in [-0.2, 0) is 23.8 Å². The van der Waals surface area contributed by atoms with Crippen molar-refractivity contribution < 1.29 is 23.8 Å². The second kappa shape index (κ2) is 6.19. The predicted octanol–water partition coefficient (Wildman–Crippen LogP) is 0.251. The lowest BCUT2D eigenvalue weighted by atomic mass is 10.6. The number of ether oxygens (including phenoxy) is 3. The molecule has 0 rings (SSSR count). The fourth-order valence-corrected chi connectivity index (χ4v) is 0.553. The molecule has 74 valence electrons. The van der Waals surface area contributed by atoms with Crippen molar-refractivity contribution in [2.24, 2.45) is 0 Å². The number of esters is 2. The zero-order chi connectivity index (χ0) is 10.3. The second-order valence-electron chi connectivity index (χ2n) is 2.09. The van der Waals surface area contributed by atoms with E-state index in [0.29, 0.717) is 0 Å². The van der Waals surface area contributed by atoms with Crippen LogP contribution >= 0.6 is 0 Å². The zero-order valence-electron chi connectivity index (χ0n) is 7.61. The van der Waals surface area contributed by atoms with Crippen molar-refractivity contribution in [3.63, 3.8) is 0 Å². The first-order valence-corrected chi connectivity index (χ1v) is 3.59. The molecule has 0 spiro atoms. The van der Waals surface area contributed by atoms with Gasteiger partial charge in [0, 0.05) is 6.92 Å². The lowest BCUT2D eigenvalue weighted by Gasteiger charge is -2.13. The molecule has 0 bridgehead atoms. The zero-order valence-corrected chi connectivity index (χ0v) is 7.61. The van der Waals surface area contributed by atoms with Crippen LogP contribution in [0.15, 0.2) is 12.7 Å². The van der Waals surface area contributed by atoms with Crippen LogP contribution in [0, 0.1) is 0 Å². The Labute approximate surface area is 76.3 Å². The molecule has 5 heteroatoms. The van der Waals surface area contributed by atoms with Crippen LogP contribution in [0.25, 0.3) is 0 Å². The SMILES string of the molecule is C=CCO[C@H](OC(C)=O)C(=O)OC. The Balaban J connectivity index is 4.09. The van der Waals surface area contributed by atoms with Crippen LogP contribution < -0.4 is 0 Å². The maximum atomic E-state index is 10.9. The summed E-state index contributed by atoms with van der Waals surface area (Å²) in [6, 6.07) is 0. The van der Waals surface area contributed by atoms with Crippen molar-refractivity contribution in [1.82, 2.24) is 0 Å². The Kier molecular flexibility index (Phi) is 5.54. The fraction of sp³-hybridized carbons (Fsp3) is 0.500. The Morgan fingerprint density at radius 1 is 1.54 bits per heavy atom. The molecule has 0 heterocycles. The molecule has 0 aromatic rings. The van der Waals surface area contributed by atoms with E-state index in [4.69, 9.17) is 4.74 Å². The van der Waals surface area contributed by atoms with Crippen molar-refractivity contribution in [2.45, 2.75) is 13.2 Å². The average Bonchev–Trinajstić information content (AvgIpc) is 2.10. The van der Waals surface area contributed by atoms with Gasteiger partial charge in [-0.25, -0.2) is 4.79 Å². The quantitative estimate of drug-likeness (QED) is 0.351. The van der Waals surface area contributed by atoms with E-state index in [1.165, 1.54) is 20.1 Å². The molecule has 0 amide bonds. The maximum Gasteiger partial charge on any atom is 0.376 e. The topological polar surface area (TPSA) is 61.8 Å². The van der Waals surface area contributed by atoms with Crippen LogP contribution in [-0.4, -0.2) is 31.9 Å². The first-order chi connectivity index (χ1) is 6.11. The summed E-state index contributed by atoms with van der Waals surface area (Å²) in [6.45, 7) is 4.66. The molecule has 0 aromatic carbocycles. The van der Waals surface area contributed by atoms with E-state index in [9.17, 15) is 9.59 Å².